The van der Waals surface area contributed by atoms with Crippen molar-refractivity contribution in [1.82, 2.24) is 14.5 Å². The fraction of sp³-hybridized carbons (Fsp3) is 0.211. The van der Waals surface area contributed by atoms with E-state index < -0.39 is 11.7 Å². The van der Waals surface area contributed by atoms with Gasteiger partial charge in [0, 0.05) is 42.7 Å². The van der Waals surface area contributed by atoms with Crippen molar-refractivity contribution in [3.8, 4) is 11.3 Å². The van der Waals surface area contributed by atoms with Crippen LogP contribution >= 0.6 is 0 Å². The fourth-order valence-corrected chi connectivity index (χ4v) is 2.57. The molecule has 0 aliphatic carbocycles. The van der Waals surface area contributed by atoms with Crippen LogP contribution in [0.15, 0.2) is 49.1 Å². The van der Waals surface area contributed by atoms with E-state index in [0.717, 1.165) is 12.3 Å². The number of hydrogen-bond acceptors (Lipinski definition) is 4. The molecule has 0 saturated carbocycles. The van der Waals surface area contributed by atoms with Crippen LogP contribution in [0.4, 0.5) is 24.7 Å². The maximum absolute atomic E-state index is 12.7. The second kappa shape index (κ2) is 7.22. The van der Waals surface area contributed by atoms with E-state index in [0.29, 0.717) is 28.9 Å². The Labute approximate surface area is 153 Å². The van der Waals surface area contributed by atoms with Crippen LogP contribution in [0.2, 0.25) is 0 Å². The minimum absolute atomic E-state index is 0.00798. The molecule has 0 amide bonds. The first-order valence-corrected chi connectivity index (χ1v) is 8.24. The minimum Gasteiger partial charge on any atom is -0.340 e. The average molecular weight is 374 g/mol. The number of pyridine rings is 1. The number of alkyl halides is 3. The maximum Gasteiger partial charge on any atom is 0.417 e. The normalized spacial score (nSPS) is 11.4. The number of halogens is 3. The first-order chi connectivity index (χ1) is 12.8. The summed E-state index contributed by atoms with van der Waals surface area (Å²) in [4.78, 5) is 20.2. The third kappa shape index (κ3) is 4.16. The minimum atomic E-state index is -4.44. The number of rotatable bonds is 5. The number of carbonyl (C=O) groups excluding carboxylic acids is 1. The molecule has 3 rings (SSSR count). The highest BCUT2D eigenvalue weighted by atomic mass is 19.4. The van der Waals surface area contributed by atoms with Crippen LogP contribution in [0.25, 0.3) is 11.3 Å². The van der Waals surface area contributed by atoms with Gasteiger partial charge in [-0.1, -0.05) is 6.92 Å². The highest BCUT2D eigenvalue weighted by molar-refractivity contribution is 5.98. The summed E-state index contributed by atoms with van der Waals surface area (Å²) in [6.07, 6.45) is 0.129. The monoisotopic (exact) mass is 374 g/mol. The van der Waals surface area contributed by atoms with E-state index in [4.69, 9.17) is 0 Å². The van der Waals surface area contributed by atoms with Crippen molar-refractivity contribution in [2.45, 2.75) is 19.5 Å². The molecule has 3 aromatic rings. The van der Waals surface area contributed by atoms with Crippen LogP contribution in [0, 0.1) is 0 Å². The Morgan fingerprint density at radius 1 is 1.19 bits per heavy atom. The predicted octanol–water partition coefficient (Wildman–Crippen LogP) is 4.84. The van der Waals surface area contributed by atoms with Gasteiger partial charge in [-0.2, -0.15) is 13.2 Å². The Morgan fingerprint density at radius 3 is 2.52 bits per heavy atom. The van der Waals surface area contributed by atoms with Crippen LogP contribution in [-0.2, 0) is 13.2 Å². The summed E-state index contributed by atoms with van der Waals surface area (Å²) in [5.41, 5.74) is 1.62. The summed E-state index contributed by atoms with van der Waals surface area (Å²) in [7, 11) is 1.82. The second-order valence-corrected chi connectivity index (χ2v) is 6.02. The standard InChI is InChI=1S/C19H17F3N4O/c1-3-17(27)12-4-6-15(14(8-12)16-10-26(2)11-24-16)25-18-7-5-13(9-23-18)19(20,21)22/h4-11H,3H2,1-2H3,(H,23,25). The van der Waals surface area contributed by atoms with Crippen molar-refractivity contribution < 1.29 is 18.0 Å². The molecule has 0 aliphatic heterocycles. The summed E-state index contributed by atoms with van der Waals surface area (Å²) in [5.74, 6) is 0.251. The van der Waals surface area contributed by atoms with Gasteiger partial charge in [0.1, 0.15) is 5.82 Å². The average Bonchev–Trinajstić information content (AvgIpc) is 3.07. The second-order valence-electron chi connectivity index (χ2n) is 6.02. The number of Topliss-reactive ketones (excluding diaryl/α,β-unsaturated/α-hetero) is 1. The van der Waals surface area contributed by atoms with E-state index in [1.807, 2.05) is 7.05 Å². The topological polar surface area (TPSA) is 59.8 Å². The number of carbonyl (C=O) groups is 1. The molecule has 0 bridgehead atoms. The molecule has 27 heavy (non-hydrogen) atoms. The van der Waals surface area contributed by atoms with Crippen LogP contribution in [0.1, 0.15) is 29.3 Å². The van der Waals surface area contributed by atoms with Crippen LogP contribution in [0.5, 0.6) is 0 Å². The summed E-state index contributed by atoms with van der Waals surface area (Å²) in [5, 5.41) is 3.00. The lowest BCUT2D eigenvalue weighted by Gasteiger charge is -2.13. The van der Waals surface area contributed by atoms with Crippen molar-refractivity contribution >= 4 is 17.3 Å². The largest absolute Gasteiger partial charge is 0.417 e. The number of aromatic nitrogens is 3. The van der Waals surface area contributed by atoms with Gasteiger partial charge in [-0.25, -0.2) is 9.97 Å². The number of ketones is 1. The third-order valence-corrected chi connectivity index (χ3v) is 4.00. The molecule has 0 fully saturated rings. The third-order valence-electron chi connectivity index (χ3n) is 4.00. The molecule has 1 N–H and O–H groups in total. The van der Waals surface area contributed by atoms with Gasteiger partial charge >= 0.3 is 6.18 Å². The number of nitrogens with zero attached hydrogens (tertiary/aromatic N) is 3. The lowest BCUT2D eigenvalue weighted by Crippen LogP contribution is -2.06. The SMILES string of the molecule is CCC(=O)c1ccc(Nc2ccc(C(F)(F)F)cn2)c(-c2cn(C)cn2)c1. The molecule has 0 spiro atoms. The number of aryl methyl sites for hydroxylation is 1. The highest BCUT2D eigenvalue weighted by Crippen LogP contribution is 2.32. The van der Waals surface area contributed by atoms with Gasteiger partial charge in [0.2, 0.25) is 0 Å². The molecule has 0 aliphatic rings. The van der Waals surface area contributed by atoms with Crippen LogP contribution in [0.3, 0.4) is 0 Å². The van der Waals surface area contributed by atoms with Gasteiger partial charge in [0.25, 0.3) is 0 Å². The van der Waals surface area contributed by atoms with Crippen molar-refractivity contribution in [1.29, 1.82) is 0 Å². The number of anilines is 2. The molecule has 2 heterocycles. The highest BCUT2D eigenvalue weighted by Gasteiger charge is 2.30. The Kier molecular flexibility index (Phi) is 4.98. The zero-order valence-electron chi connectivity index (χ0n) is 14.7. The Morgan fingerprint density at radius 2 is 1.96 bits per heavy atom. The number of hydrogen-bond donors (Lipinski definition) is 1. The van der Waals surface area contributed by atoms with E-state index in [1.54, 1.807) is 42.2 Å². The number of nitrogens with one attached hydrogen (secondary N) is 1. The van der Waals surface area contributed by atoms with Crippen molar-refractivity contribution in [2.75, 3.05) is 5.32 Å². The first kappa shape index (κ1) is 18.6. The Balaban J connectivity index is 1.98. The summed E-state index contributed by atoms with van der Waals surface area (Å²) >= 11 is 0. The number of imidazole rings is 1. The molecular formula is C19H17F3N4O. The molecule has 0 unspecified atom stereocenters. The quantitative estimate of drug-likeness (QED) is 0.650. The molecule has 5 nitrogen and oxygen atoms in total. The zero-order valence-corrected chi connectivity index (χ0v) is 14.7. The van der Waals surface area contributed by atoms with E-state index >= 15 is 0 Å². The lowest BCUT2D eigenvalue weighted by molar-refractivity contribution is -0.137. The molecule has 0 radical (unpaired) electrons. The Hall–Kier alpha value is -3.16. The lowest BCUT2D eigenvalue weighted by atomic mass is 10.0. The van der Waals surface area contributed by atoms with Crippen molar-refractivity contribution in [2.24, 2.45) is 7.05 Å². The zero-order chi connectivity index (χ0) is 19.6. The van der Waals surface area contributed by atoms with Gasteiger partial charge in [0.15, 0.2) is 5.78 Å². The van der Waals surface area contributed by atoms with Gasteiger partial charge in [-0.3, -0.25) is 4.79 Å². The smallest absolute Gasteiger partial charge is 0.340 e. The van der Waals surface area contributed by atoms with E-state index in [1.165, 1.54) is 6.07 Å². The molecule has 0 atom stereocenters. The van der Waals surface area contributed by atoms with E-state index in [2.05, 4.69) is 15.3 Å². The van der Waals surface area contributed by atoms with E-state index in [-0.39, 0.29) is 11.6 Å². The molecule has 2 aromatic heterocycles. The number of benzene rings is 1. The van der Waals surface area contributed by atoms with Gasteiger partial charge in [0.05, 0.1) is 17.6 Å². The van der Waals surface area contributed by atoms with Gasteiger partial charge in [-0.15, -0.1) is 0 Å². The molecule has 1 aromatic carbocycles. The maximum atomic E-state index is 12.7. The van der Waals surface area contributed by atoms with E-state index in [9.17, 15) is 18.0 Å². The van der Waals surface area contributed by atoms with Crippen molar-refractivity contribution in [3.05, 3.63) is 60.2 Å². The van der Waals surface area contributed by atoms with Gasteiger partial charge in [-0.05, 0) is 30.3 Å². The molecule has 0 saturated heterocycles. The summed E-state index contributed by atoms with van der Waals surface area (Å²) in [6, 6.07) is 7.32. The Bertz CT molecular complexity index is 962. The molecule has 140 valence electrons. The first-order valence-electron chi connectivity index (χ1n) is 8.24. The molecule has 8 heteroatoms. The summed E-state index contributed by atoms with van der Waals surface area (Å²) in [6.45, 7) is 1.78. The van der Waals surface area contributed by atoms with Crippen LogP contribution in [-0.4, -0.2) is 20.3 Å². The van der Waals surface area contributed by atoms with Crippen molar-refractivity contribution in [3.63, 3.8) is 0 Å². The predicted molar refractivity (Wildman–Crippen MR) is 95.8 cm³/mol. The summed E-state index contributed by atoms with van der Waals surface area (Å²) < 4.78 is 39.8. The fourth-order valence-electron chi connectivity index (χ4n) is 2.57. The molecular weight excluding hydrogens is 357 g/mol. The van der Waals surface area contributed by atoms with Gasteiger partial charge < -0.3 is 9.88 Å². The van der Waals surface area contributed by atoms with Crippen LogP contribution < -0.4 is 5.32 Å².